The predicted octanol–water partition coefficient (Wildman–Crippen LogP) is 9.50. The highest BCUT2D eigenvalue weighted by atomic mass is 32.1. The summed E-state index contributed by atoms with van der Waals surface area (Å²) in [6.45, 7) is 25.5. The first-order valence-corrected chi connectivity index (χ1v) is 16.2. The molecule has 0 saturated carbocycles. The van der Waals surface area contributed by atoms with Crippen LogP contribution in [0, 0.1) is 12.8 Å². The minimum Gasteiger partial charge on any atom is -0.385 e. The molecule has 1 aliphatic rings. The van der Waals surface area contributed by atoms with Crippen molar-refractivity contribution in [2.75, 3.05) is 20.1 Å². The monoisotopic (exact) mass is 566 g/mol. The molecule has 5 heteroatoms. The van der Waals surface area contributed by atoms with Crippen LogP contribution in [0.5, 0.6) is 0 Å². The van der Waals surface area contributed by atoms with E-state index in [1.54, 1.807) is 11.3 Å². The molecule has 1 aromatic heterocycles. The Kier molecular flexibility index (Phi) is 19.1. The van der Waals surface area contributed by atoms with Crippen molar-refractivity contribution in [3.63, 3.8) is 0 Å². The Labute approximate surface area is 251 Å². The average molecular weight is 567 g/mol. The Morgan fingerprint density at radius 3 is 2.27 bits per heavy atom. The van der Waals surface area contributed by atoms with Crippen LogP contribution in [0.3, 0.4) is 0 Å². The summed E-state index contributed by atoms with van der Waals surface area (Å²) in [5.74, 6) is 0.833. The lowest BCUT2D eigenvalue weighted by Gasteiger charge is -2.23. The van der Waals surface area contributed by atoms with Gasteiger partial charge in [-0.25, -0.2) is 4.98 Å². The fraction of sp³-hybridized carbons (Fsp3) is 0.571. The molecule has 0 bridgehead atoms. The third-order valence-corrected chi connectivity index (χ3v) is 7.71. The SMILES string of the molecule is C=C(NCc1ccc(-c2scnc2C)cc1)C1CCCN1C.C=CCNC(=C)CCCCCCCC.CC(C)C. The molecule has 224 valence electrons. The highest BCUT2D eigenvalue weighted by Gasteiger charge is 2.23. The number of unbranched alkanes of at least 4 members (excludes halogenated alkanes) is 5. The van der Waals surface area contributed by atoms with Gasteiger partial charge in [-0.2, -0.15) is 0 Å². The molecule has 40 heavy (non-hydrogen) atoms. The molecule has 0 aliphatic carbocycles. The van der Waals surface area contributed by atoms with E-state index in [1.807, 2.05) is 11.6 Å². The molecule has 1 unspecified atom stereocenters. The van der Waals surface area contributed by atoms with E-state index in [1.165, 1.54) is 73.9 Å². The van der Waals surface area contributed by atoms with Gasteiger partial charge in [0.15, 0.2) is 0 Å². The highest BCUT2D eigenvalue weighted by Crippen LogP contribution is 2.27. The van der Waals surface area contributed by atoms with E-state index in [0.717, 1.165) is 42.5 Å². The van der Waals surface area contributed by atoms with Crippen LogP contribution in [0.2, 0.25) is 0 Å². The summed E-state index contributed by atoms with van der Waals surface area (Å²) in [7, 11) is 2.18. The van der Waals surface area contributed by atoms with Gasteiger partial charge in [0.25, 0.3) is 0 Å². The third-order valence-electron chi connectivity index (χ3n) is 6.73. The number of nitrogens with one attached hydrogen (secondary N) is 2. The summed E-state index contributed by atoms with van der Waals surface area (Å²) in [6, 6.07) is 9.23. The molecule has 2 N–H and O–H groups in total. The van der Waals surface area contributed by atoms with E-state index < -0.39 is 0 Å². The molecule has 1 aliphatic heterocycles. The van der Waals surface area contributed by atoms with Crippen molar-refractivity contribution >= 4 is 11.3 Å². The van der Waals surface area contributed by atoms with E-state index in [2.05, 4.69) is 106 Å². The van der Waals surface area contributed by atoms with Crippen molar-refractivity contribution in [1.29, 1.82) is 0 Å². The minimum atomic E-state index is 0.485. The van der Waals surface area contributed by atoms with Crippen molar-refractivity contribution in [3.05, 3.63) is 78.2 Å². The topological polar surface area (TPSA) is 40.2 Å². The standard InChI is InChI=1S/C18H23N3S.C13H25N.C4H10/c1-13(17-5-4-10-21(17)3)19-11-15-6-8-16(9-7-15)18-14(2)20-12-22-18;1-4-6-7-8-9-10-11-13(3)14-12-5-2;1-4(2)3/h6-9,12,17,19H,1,4-5,10-11H2,2-3H3;5,14H,2-4,6-12H2,1H3;4H,1-3H3. The summed E-state index contributed by atoms with van der Waals surface area (Å²) < 4.78 is 0. The zero-order chi connectivity index (χ0) is 29.8. The quantitative estimate of drug-likeness (QED) is 0.166. The normalized spacial score (nSPS) is 14.5. The zero-order valence-corrected chi connectivity index (χ0v) is 27.3. The van der Waals surface area contributed by atoms with E-state index in [0.29, 0.717) is 6.04 Å². The minimum absolute atomic E-state index is 0.485. The van der Waals surface area contributed by atoms with Crippen LogP contribution in [0.1, 0.15) is 96.7 Å². The van der Waals surface area contributed by atoms with Crippen molar-refractivity contribution in [2.45, 2.75) is 105 Å². The number of aryl methyl sites for hydroxylation is 1. The Balaban J connectivity index is 0.000000383. The number of aromatic nitrogens is 1. The first-order chi connectivity index (χ1) is 19.2. The molecule has 1 saturated heterocycles. The van der Waals surface area contributed by atoms with Gasteiger partial charge in [0.05, 0.1) is 16.1 Å². The summed E-state index contributed by atoms with van der Waals surface area (Å²) >= 11 is 1.70. The first kappa shape index (κ1) is 35.7. The van der Waals surface area contributed by atoms with Crippen molar-refractivity contribution in [1.82, 2.24) is 20.5 Å². The molecule has 0 radical (unpaired) electrons. The van der Waals surface area contributed by atoms with Crippen molar-refractivity contribution in [2.24, 2.45) is 5.92 Å². The molecular weight excluding hydrogens is 508 g/mol. The number of nitrogens with zero attached hydrogens (tertiary/aromatic N) is 2. The second kappa shape index (κ2) is 21.4. The molecular formula is C35H58N4S. The Morgan fingerprint density at radius 1 is 1.07 bits per heavy atom. The van der Waals surface area contributed by atoms with Crippen LogP contribution in [0.4, 0.5) is 0 Å². The Morgan fingerprint density at radius 2 is 1.73 bits per heavy atom. The highest BCUT2D eigenvalue weighted by molar-refractivity contribution is 7.13. The smallest absolute Gasteiger partial charge is 0.0801 e. The maximum absolute atomic E-state index is 4.32. The second-order valence-corrected chi connectivity index (χ2v) is 12.4. The van der Waals surface area contributed by atoms with E-state index in [9.17, 15) is 0 Å². The zero-order valence-electron chi connectivity index (χ0n) is 26.5. The van der Waals surface area contributed by atoms with E-state index in [4.69, 9.17) is 0 Å². The molecule has 0 amide bonds. The first-order valence-electron chi connectivity index (χ1n) is 15.3. The van der Waals surface area contributed by atoms with E-state index in [-0.39, 0.29) is 0 Å². The maximum atomic E-state index is 4.32. The molecule has 1 aromatic carbocycles. The molecule has 2 heterocycles. The molecule has 1 fully saturated rings. The van der Waals surface area contributed by atoms with Crippen molar-refractivity contribution < 1.29 is 0 Å². The van der Waals surface area contributed by atoms with Crippen LogP contribution < -0.4 is 10.6 Å². The van der Waals surface area contributed by atoms with Gasteiger partial charge in [-0.3, -0.25) is 4.90 Å². The van der Waals surface area contributed by atoms with Crippen LogP contribution in [-0.4, -0.2) is 36.1 Å². The number of likely N-dealkylation sites (tertiary alicyclic amines) is 1. The number of hydrogen-bond donors (Lipinski definition) is 2. The number of hydrogen-bond acceptors (Lipinski definition) is 5. The molecule has 0 spiro atoms. The van der Waals surface area contributed by atoms with E-state index >= 15 is 0 Å². The lowest BCUT2D eigenvalue weighted by molar-refractivity contribution is 0.334. The van der Waals surface area contributed by atoms with Gasteiger partial charge in [-0.1, -0.05) is 103 Å². The second-order valence-electron chi connectivity index (χ2n) is 11.5. The van der Waals surface area contributed by atoms with Crippen LogP contribution >= 0.6 is 11.3 Å². The van der Waals surface area contributed by atoms with Crippen LogP contribution in [-0.2, 0) is 6.54 Å². The Bertz CT molecular complexity index is 957. The summed E-state index contributed by atoms with van der Waals surface area (Å²) in [5, 5.41) is 6.71. The maximum Gasteiger partial charge on any atom is 0.0801 e. The average Bonchev–Trinajstić information content (AvgIpc) is 3.56. The van der Waals surface area contributed by atoms with Gasteiger partial charge in [-0.05, 0) is 63.2 Å². The Hall–Kier alpha value is -2.37. The van der Waals surface area contributed by atoms with Gasteiger partial charge in [0.1, 0.15) is 0 Å². The lowest BCUT2D eigenvalue weighted by atomic mass is 10.1. The molecule has 4 nitrogen and oxygen atoms in total. The molecule has 3 rings (SSSR count). The molecule has 2 aromatic rings. The number of thiazole rings is 1. The summed E-state index contributed by atoms with van der Waals surface area (Å²) in [6.07, 6.45) is 13.6. The number of benzene rings is 1. The summed E-state index contributed by atoms with van der Waals surface area (Å²) in [4.78, 5) is 7.96. The summed E-state index contributed by atoms with van der Waals surface area (Å²) in [5.41, 5.74) is 7.84. The predicted molar refractivity (Wildman–Crippen MR) is 180 cm³/mol. The van der Waals surface area contributed by atoms with Gasteiger partial charge in [0, 0.05) is 30.5 Å². The largest absolute Gasteiger partial charge is 0.385 e. The van der Waals surface area contributed by atoms with Gasteiger partial charge in [0.2, 0.25) is 0 Å². The molecule has 1 atom stereocenters. The number of likely N-dealkylation sites (N-methyl/N-ethyl adjacent to an activating group) is 1. The number of allylic oxidation sites excluding steroid dienone is 1. The van der Waals surface area contributed by atoms with Gasteiger partial charge >= 0.3 is 0 Å². The van der Waals surface area contributed by atoms with Gasteiger partial charge in [-0.15, -0.1) is 17.9 Å². The fourth-order valence-corrected chi connectivity index (χ4v) is 5.27. The van der Waals surface area contributed by atoms with Crippen LogP contribution in [0.15, 0.2) is 67.0 Å². The number of rotatable bonds is 15. The third kappa shape index (κ3) is 15.4. The fourth-order valence-electron chi connectivity index (χ4n) is 4.46. The lowest BCUT2D eigenvalue weighted by Crippen LogP contribution is -2.32. The van der Waals surface area contributed by atoms with Crippen LogP contribution in [0.25, 0.3) is 10.4 Å². The van der Waals surface area contributed by atoms with Gasteiger partial charge < -0.3 is 10.6 Å². The van der Waals surface area contributed by atoms with Crippen molar-refractivity contribution in [3.8, 4) is 10.4 Å².